The second-order valence-electron chi connectivity index (χ2n) is 8.91. The fourth-order valence-electron chi connectivity index (χ4n) is 4.81. The van der Waals surface area contributed by atoms with E-state index in [1.54, 1.807) is 6.07 Å². The highest BCUT2D eigenvalue weighted by Crippen LogP contribution is 2.51. The van der Waals surface area contributed by atoms with Crippen molar-refractivity contribution in [3.63, 3.8) is 0 Å². The number of likely N-dealkylation sites (N-methyl/N-ethyl adjacent to an activating group) is 1. The van der Waals surface area contributed by atoms with E-state index >= 15 is 0 Å². The fourth-order valence-corrected chi connectivity index (χ4v) is 4.81. The second-order valence-corrected chi connectivity index (χ2v) is 8.91. The Hall–Kier alpha value is -2.66. The largest absolute Gasteiger partial charge is 0.422 e. The Balaban J connectivity index is 1.80. The second kappa shape index (κ2) is 9.86. The third kappa shape index (κ3) is 4.44. The molecular weight excluding hydrogens is 402 g/mol. The minimum atomic E-state index is -0.291. The topological polar surface area (TPSA) is 55.8 Å². The van der Waals surface area contributed by atoms with Crippen molar-refractivity contribution in [2.45, 2.75) is 71.3 Å². The van der Waals surface area contributed by atoms with Gasteiger partial charge in [-0.05, 0) is 61.1 Å². The van der Waals surface area contributed by atoms with Gasteiger partial charge in [0.1, 0.15) is 0 Å². The van der Waals surface area contributed by atoms with Crippen molar-refractivity contribution in [1.82, 2.24) is 4.90 Å². The number of benzene rings is 2. The van der Waals surface area contributed by atoms with Crippen molar-refractivity contribution in [2.75, 3.05) is 13.6 Å². The number of rotatable bonds is 8. The molecule has 1 heterocycles. The van der Waals surface area contributed by atoms with Gasteiger partial charge < -0.3 is 9.47 Å². The molecule has 0 saturated carbocycles. The van der Waals surface area contributed by atoms with Gasteiger partial charge in [0.15, 0.2) is 11.5 Å². The molecule has 0 aromatic heterocycles. The van der Waals surface area contributed by atoms with Crippen LogP contribution < -0.4 is 9.47 Å². The summed E-state index contributed by atoms with van der Waals surface area (Å²) in [6.07, 6.45) is 5.93. The minimum Gasteiger partial charge on any atom is -0.422 e. The summed E-state index contributed by atoms with van der Waals surface area (Å²) in [5.74, 6) is 0.166. The molecule has 0 saturated heterocycles. The molecule has 0 spiro atoms. The summed E-state index contributed by atoms with van der Waals surface area (Å²) >= 11 is 0. The van der Waals surface area contributed by atoms with E-state index in [2.05, 4.69) is 30.1 Å². The third-order valence-electron chi connectivity index (χ3n) is 6.59. The number of carbonyl (C=O) groups is 2. The standard InChI is InChI=1S/C27H33NO4/c1-4-6-11-23(29)31-22-14-13-19-17-21-25-18(15-16-28(21)3)9-8-10-20(25)26(19)27(22)32-24(30)12-7-5-2/h8-10,13-14,21H,4-7,11-12,15-17H2,1-3H3/t21-/m1/s1. The van der Waals surface area contributed by atoms with Gasteiger partial charge in [0.2, 0.25) is 0 Å². The van der Waals surface area contributed by atoms with E-state index in [1.165, 1.54) is 11.1 Å². The summed E-state index contributed by atoms with van der Waals surface area (Å²) in [5, 5.41) is 0. The van der Waals surface area contributed by atoms with Crippen molar-refractivity contribution < 1.29 is 19.1 Å². The number of carbonyl (C=O) groups excluding carboxylic acids is 2. The first kappa shape index (κ1) is 22.5. The minimum absolute atomic E-state index is 0.282. The van der Waals surface area contributed by atoms with Gasteiger partial charge in [0, 0.05) is 31.0 Å². The van der Waals surface area contributed by atoms with Crippen molar-refractivity contribution >= 4 is 11.9 Å². The summed E-state index contributed by atoms with van der Waals surface area (Å²) in [7, 11) is 2.17. The van der Waals surface area contributed by atoms with Crippen LogP contribution in [0.25, 0.3) is 11.1 Å². The molecule has 5 nitrogen and oxygen atoms in total. The zero-order valence-corrected chi connectivity index (χ0v) is 19.4. The zero-order chi connectivity index (χ0) is 22.7. The Morgan fingerprint density at radius 1 is 0.969 bits per heavy atom. The van der Waals surface area contributed by atoms with Crippen LogP contribution in [0.2, 0.25) is 0 Å². The lowest BCUT2D eigenvalue weighted by molar-refractivity contribution is -0.137. The molecule has 0 bridgehead atoms. The van der Waals surface area contributed by atoms with Gasteiger partial charge in [0.05, 0.1) is 0 Å². The highest BCUT2D eigenvalue weighted by atomic mass is 16.6. The first-order valence-corrected chi connectivity index (χ1v) is 11.9. The average molecular weight is 436 g/mol. The third-order valence-corrected chi connectivity index (χ3v) is 6.59. The van der Waals surface area contributed by atoms with Crippen LogP contribution in [0.5, 0.6) is 11.5 Å². The maximum absolute atomic E-state index is 12.7. The number of hydrogen-bond acceptors (Lipinski definition) is 5. The number of nitrogens with zero attached hydrogens (tertiary/aromatic N) is 1. The van der Waals surface area contributed by atoms with Crippen molar-refractivity contribution in [1.29, 1.82) is 0 Å². The summed E-state index contributed by atoms with van der Waals surface area (Å²) in [6, 6.07) is 10.5. The van der Waals surface area contributed by atoms with Crippen LogP contribution in [0.15, 0.2) is 30.3 Å². The molecule has 1 atom stereocenters. The number of fused-ring (bicyclic) bond motifs is 2. The molecule has 0 amide bonds. The molecule has 1 aliphatic carbocycles. The summed E-state index contributed by atoms with van der Waals surface area (Å²) in [5.41, 5.74) is 5.78. The van der Waals surface area contributed by atoms with E-state index < -0.39 is 0 Å². The van der Waals surface area contributed by atoms with E-state index in [1.807, 2.05) is 19.9 Å². The quantitative estimate of drug-likeness (QED) is 0.397. The van der Waals surface area contributed by atoms with Crippen molar-refractivity contribution in [3.05, 3.63) is 47.0 Å². The highest BCUT2D eigenvalue weighted by Gasteiger charge is 2.35. The maximum atomic E-state index is 12.7. The van der Waals surface area contributed by atoms with Crippen LogP contribution in [0.4, 0.5) is 0 Å². The van der Waals surface area contributed by atoms with Crippen LogP contribution in [0.3, 0.4) is 0 Å². The number of esters is 2. The predicted molar refractivity (Wildman–Crippen MR) is 125 cm³/mol. The van der Waals surface area contributed by atoms with Crippen LogP contribution in [0.1, 0.15) is 75.1 Å². The smallest absolute Gasteiger partial charge is 0.311 e. The Kier molecular flexibility index (Phi) is 6.95. The molecule has 0 radical (unpaired) electrons. The van der Waals surface area contributed by atoms with E-state index in [0.29, 0.717) is 30.4 Å². The fraction of sp³-hybridized carbons (Fsp3) is 0.481. The molecule has 0 N–H and O–H groups in total. The van der Waals surface area contributed by atoms with E-state index in [4.69, 9.17) is 9.47 Å². The molecule has 1 aliphatic heterocycles. The van der Waals surface area contributed by atoms with Crippen molar-refractivity contribution in [2.24, 2.45) is 0 Å². The molecule has 32 heavy (non-hydrogen) atoms. The predicted octanol–water partition coefficient (Wildman–Crippen LogP) is 5.63. The monoisotopic (exact) mass is 435 g/mol. The molecule has 2 aliphatic rings. The van der Waals surface area contributed by atoms with Crippen molar-refractivity contribution in [3.8, 4) is 22.6 Å². The normalized spacial score (nSPS) is 16.8. The number of hydrogen-bond donors (Lipinski definition) is 0. The molecular formula is C27H33NO4. The zero-order valence-electron chi connectivity index (χ0n) is 19.4. The highest BCUT2D eigenvalue weighted by molar-refractivity contribution is 5.87. The van der Waals surface area contributed by atoms with Gasteiger partial charge in [-0.3, -0.25) is 14.5 Å². The van der Waals surface area contributed by atoms with Gasteiger partial charge in [0.25, 0.3) is 0 Å². The molecule has 4 rings (SSSR count). The lowest BCUT2D eigenvalue weighted by Gasteiger charge is -2.40. The SMILES string of the molecule is CCCCC(=O)Oc1ccc2c(c1OC(=O)CCCC)-c1cccc3c1[C@@H](C2)N(C)CC3. The van der Waals surface area contributed by atoms with Crippen LogP contribution in [-0.4, -0.2) is 30.4 Å². The van der Waals surface area contributed by atoms with Gasteiger partial charge in [-0.2, -0.15) is 0 Å². The van der Waals surface area contributed by atoms with E-state index in [9.17, 15) is 9.59 Å². The summed E-state index contributed by atoms with van der Waals surface area (Å²) < 4.78 is 11.7. The Labute approximate surface area is 190 Å². The van der Waals surface area contributed by atoms with Gasteiger partial charge >= 0.3 is 11.9 Å². The Morgan fingerprint density at radius 3 is 2.41 bits per heavy atom. The molecule has 2 aromatic rings. The summed E-state index contributed by atoms with van der Waals surface area (Å²) in [4.78, 5) is 27.5. The molecule has 5 heteroatoms. The van der Waals surface area contributed by atoms with Crippen LogP contribution in [-0.2, 0) is 22.4 Å². The first-order chi connectivity index (χ1) is 15.5. The van der Waals surface area contributed by atoms with Crippen LogP contribution >= 0.6 is 0 Å². The first-order valence-electron chi connectivity index (χ1n) is 11.9. The Morgan fingerprint density at radius 2 is 1.69 bits per heavy atom. The number of unbranched alkanes of at least 4 members (excludes halogenated alkanes) is 2. The van der Waals surface area contributed by atoms with E-state index in [-0.39, 0.29) is 11.9 Å². The average Bonchev–Trinajstić information content (AvgIpc) is 2.80. The van der Waals surface area contributed by atoms with Crippen LogP contribution in [0, 0.1) is 0 Å². The van der Waals surface area contributed by atoms with Gasteiger partial charge in [-0.25, -0.2) is 0 Å². The Bertz CT molecular complexity index is 1010. The molecule has 170 valence electrons. The molecule has 2 aromatic carbocycles. The molecule has 0 fully saturated rings. The maximum Gasteiger partial charge on any atom is 0.311 e. The number of ether oxygens (including phenoxy) is 2. The lowest BCUT2D eigenvalue weighted by Crippen LogP contribution is -2.35. The van der Waals surface area contributed by atoms with Gasteiger partial charge in [-0.15, -0.1) is 0 Å². The van der Waals surface area contributed by atoms with E-state index in [0.717, 1.165) is 61.8 Å². The molecule has 0 unspecified atom stereocenters. The summed E-state index contributed by atoms with van der Waals surface area (Å²) in [6.45, 7) is 5.12. The van der Waals surface area contributed by atoms with Gasteiger partial charge in [-0.1, -0.05) is 51.0 Å². The lowest BCUT2D eigenvalue weighted by atomic mass is 9.77.